The summed E-state index contributed by atoms with van der Waals surface area (Å²) in [5, 5.41) is 2.97. The molecule has 0 heterocycles. The molecule has 0 saturated carbocycles. The summed E-state index contributed by atoms with van der Waals surface area (Å²) in [6, 6.07) is 14.7. The van der Waals surface area contributed by atoms with Gasteiger partial charge in [-0.25, -0.2) is 0 Å². The molecule has 1 amide bonds. The van der Waals surface area contributed by atoms with Crippen LogP contribution in [0.5, 0.6) is 5.75 Å². The van der Waals surface area contributed by atoms with E-state index >= 15 is 0 Å². The summed E-state index contributed by atoms with van der Waals surface area (Å²) < 4.78 is 5.66. The number of benzene rings is 2. The first-order valence-corrected chi connectivity index (χ1v) is 7.85. The largest absolute Gasteiger partial charge is 0.493 e. The van der Waals surface area contributed by atoms with Crippen molar-refractivity contribution < 1.29 is 9.53 Å². The number of ether oxygens (including phenoxy) is 1. The molecule has 24 heavy (non-hydrogen) atoms. The van der Waals surface area contributed by atoms with Crippen molar-refractivity contribution in [1.29, 1.82) is 0 Å². The summed E-state index contributed by atoms with van der Waals surface area (Å²) in [6.07, 6.45) is 0. The molecule has 0 aliphatic rings. The molecule has 3 N–H and O–H groups in total. The zero-order valence-electron chi connectivity index (χ0n) is 14.3. The van der Waals surface area contributed by atoms with Gasteiger partial charge < -0.3 is 15.8 Å². The molecular formula is C19H25ClN2O2. The van der Waals surface area contributed by atoms with Gasteiger partial charge in [0.25, 0.3) is 5.91 Å². The number of halogens is 1. The standard InChI is InChI=1S/C19H24N2O2.ClH/c1-13(2)12-23-18-9-7-15(8-10-18)14(3)21-19(22)16-5-4-6-17(20)11-16;/h4-11,13-14H,12,20H2,1-3H3,(H,21,22);1H. The van der Waals surface area contributed by atoms with Gasteiger partial charge in [0.2, 0.25) is 0 Å². The minimum absolute atomic E-state index is 0. The van der Waals surface area contributed by atoms with Crippen LogP contribution in [0.1, 0.15) is 42.7 Å². The lowest BCUT2D eigenvalue weighted by atomic mass is 10.1. The van der Waals surface area contributed by atoms with Crippen molar-refractivity contribution in [1.82, 2.24) is 5.32 Å². The van der Waals surface area contributed by atoms with Crippen LogP contribution >= 0.6 is 12.4 Å². The van der Waals surface area contributed by atoms with E-state index in [1.807, 2.05) is 31.2 Å². The molecule has 4 nitrogen and oxygen atoms in total. The first-order chi connectivity index (χ1) is 11.0. The molecule has 0 radical (unpaired) electrons. The lowest BCUT2D eigenvalue weighted by molar-refractivity contribution is 0.0940. The highest BCUT2D eigenvalue weighted by atomic mass is 35.5. The van der Waals surface area contributed by atoms with Gasteiger partial charge in [0.1, 0.15) is 5.75 Å². The van der Waals surface area contributed by atoms with E-state index < -0.39 is 0 Å². The lowest BCUT2D eigenvalue weighted by Gasteiger charge is -2.15. The average Bonchev–Trinajstić information content (AvgIpc) is 2.53. The van der Waals surface area contributed by atoms with Gasteiger partial charge in [-0.05, 0) is 48.7 Å². The van der Waals surface area contributed by atoms with Gasteiger partial charge in [-0.15, -0.1) is 12.4 Å². The second kappa shape index (κ2) is 9.18. The van der Waals surface area contributed by atoms with E-state index in [0.717, 1.165) is 11.3 Å². The van der Waals surface area contributed by atoms with Gasteiger partial charge in [-0.1, -0.05) is 32.0 Å². The Balaban J connectivity index is 0.00000288. The maximum atomic E-state index is 12.2. The highest BCUT2D eigenvalue weighted by molar-refractivity contribution is 5.95. The Labute approximate surface area is 149 Å². The number of amides is 1. The van der Waals surface area contributed by atoms with E-state index in [1.165, 1.54) is 0 Å². The average molecular weight is 349 g/mol. The number of carbonyl (C=O) groups excluding carboxylic acids is 1. The van der Waals surface area contributed by atoms with E-state index in [-0.39, 0.29) is 24.4 Å². The molecule has 1 atom stereocenters. The number of rotatable bonds is 6. The molecule has 0 bridgehead atoms. The van der Waals surface area contributed by atoms with Crippen molar-refractivity contribution in [2.45, 2.75) is 26.8 Å². The normalized spacial score (nSPS) is 11.5. The maximum Gasteiger partial charge on any atom is 0.251 e. The van der Waals surface area contributed by atoms with Crippen LogP contribution in [0.3, 0.4) is 0 Å². The third-order valence-electron chi connectivity index (χ3n) is 3.46. The molecule has 0 aromatic heterocycles. The predicted molar refractivity (Wildman–Crippen MR) is 101 cm³/mol. The van der Waals surface area contributed by atoms with Crippen LogP contribution in [0.2, 0.25) is 0 Å². The SMILES string of the molecule is CC(C)COc1ccc(C(C)NC(=O)c2cccc(N)c2)cc1.Cl. The minimum atomic E-state index is -0.134. The third-order valence-corrected chi connectivity index (χ3v) is 3.46. The molecule has 5 heteroatoms. The monoisotopic (exact) mass is 348 g/mol. The van der Waals surface area contributed by atoms with Crippen LogP contribution < -0.4 is 15.8 Å². The number of nitrogens with two attached hydrogens (primary N) is 1. The third kappa shape index (κ3) is 5.78. The van der Waals surface area contributed by atoms with Crippen LogP contribution in [0, 0.1) is 5.92 Å². The Morgan fingerprint density at radius 2 is 1.79 bits per heavy atom. The molecule has 0 spiro atoms. The highest BCUT2D eigenvalue weighted by Crippen LogP contribution is 2.19. The number of anilines is 1. The number of hydrogen-bond donors (Lipinski definition) is 2. The van der Waals surface area contributed by atoms with Gasteiger partial charge >= 0.3 is 0 Å². The predicted octanol–water partition coefficient (Wildman–Crippen LogP) is 4.22. The van der Waals surface area contributed by atoms with E-state index in [0.29, 0.717) is 23.8 Å². The Hall–Kier alpha value is -2.20. The zero-order valence-corrected chi connectivity index (χ0v) is 15.1. The Morgan fingerprint density at radius 1 is 1.12 bits per heavy atom. The van der Waals surface area contributed by atoms with Crippen LogP contribution in [-0.2, 0) is 0 Å². The fourth-order valence-electron chi connectivity index (χ4n) is 2.16. The summed E-state index contributed by atoms with van der Waals surface area (Å²) in [7, 11) is 0. The second-order valence-corrected chi connectivity index (χ2v) is 6.09. The first kappa shape index (κ1) is 19.8. The summed E-state index contributed by atoms with van der Waals surface area (Å²) >= 11 is 0. The molecule has 0 saturated heterocycles. The van der Waals surface area contributed by atoms with Crippen molar-refractivity contribution >= 4 is 24.0 Å². The summed E-state index contributed by atoms with van der Waals surface area (Å²) in [5.74, 6) is 1.20. The topological polar surface area (TPSA) is 64.3 Å². The summed E-state index contributed by atoms with van der Waals surface area (Å²) in [6.45, 7) is 6.87. The molecule has 2 rings (SSSR count). The van der Waals surface area contributed by atoms with Crippen molar-refractivity contribution in [2.75, 3.05) is 12.3 Å². The molecule has 0 aliphatic carbocycles. The van der Waals surface area contributed by atoms with Gasteiger partial charge in [-0.2, -0.15) is 0 Å². The lowest BCUT2D eigenvalue weighted by Crippen LogP contribution is -2.26. The number of carbonyl (C=O) groups is 1. The van der Waals surface area contributed by atoms with Crippen molar-refractivity contribution in [3.05, 3.63) is 59.7 Å². The van der Waals surface area contributed by atoms with Gasteiger partial charge in [0.15, 0.2) is 0 Å². The van der Waals surface area contributed by atoms with Crippen LogP contribution in [0.4, 0.5) is 5.69 Å². The first-order valence-electron chi connectivity index (χ1n) is 7.85. The Kier molecular flexibility index (Phi) is 7.59. The fourth-order valence-corrected chi connectivity index (χ4v) is 2.16. The number of hydrogen-bond acceptors (Lipinski definition) is 3. The Bertz CT molecular complexity index is 657. The smallest absolute Gasteiger partial charge is 0.251 e. The van der Waals surface area contributed by atoms with Crippen molar-refractivity contribution in [2.24, 2.45) is 5.92 Å². The van der Waals surface area contributed by atoms with Crippen LogP contribution in [0.25, 0.3) is 0 Å². The number of nitrogens with one attached hydrogen (secondary N) is 1. The molecule has 0 fully saturated rings. The van der Waals surface area contributed by atoms with E-state index in [2.05, 4.69) is 19.2 Å². The second-order valence-electron chi connectivity index (χ2n) is 6.09. The summed E-state index contributed by atoms with van der Waals surface area (Å²) in [5.41, 5.74) is 7.88. The quantitative estimate of drug-likeness (QED) is 0.768. The van der Waals surface area contributed by atoms with E-state index in [1.54, 1.807) is 24.3 Å². The van der Waals surface area contributed by atoms with Gasteiger partial charge in [-0.3, -0.25) is 4.79 Å². The highest BCUT2D eigenvalue weighted by Gasteiger charge is 2.11. The molecule has 130 valence electrons. The van der Waals surface area contributed by atoms with Crippen LogP contribution in [0.15, 0.2) is 48.5 Å². The summed E-state index contributed by atoms with van der Waals surface area (Å²) in [4.78, 5) is 12.2. The van der Waals surface area contributed by atoms with E-state index in [9.17, 15) is 4.79 Å². The zero-order chi connectivity index (χ0) is 16.8. The molecule has 2 aromatic carbocycles. The Morgan fingerprint density at radius 3 is 2.38 bits per heavy atom. The molecule has 2 aromatic rings. The van der Waals surface area contributed by atoms with Crippen LogP contribution in [-0.4, -0.2) is 12.5 Å². The number of nitrogen functional groups attached to an aromatic ring is 1. The van der Waals surface area contributed by atoms with Crippen molar-refractivity contribution in [3.63, 3.8) is 0 Å². The van der Waals surface area contributed by atoms with Gasteiger partial charge in [0.05, 0.1) is 12.6 Å². The van der Waals surface area contributed by atoms with E-state index in [4.69, 9.17) is 10.5 Å². The van der Waals surface area contributed by atoms with Gasteiger partial charge in [0, 0.05) is 11.3 Å². The van der Waals surface area contributed by atoms with Crippen molar-refractivity contribution in [3.8, 4) is 5.75 Å². The molecular weight excluding hydrogens is 324 g/mol. The molecule has 1 unspecified atom stereocenters. The molecule has 0 aliphatic heterocycles. The fraction of sp³-hybridized carbons (Fsp3) is 0.316. The maximum absolute atomic E-state index is 12.2. The minimum Gasteiger partial charge on any atom is -0.493 e.